The average molecular weight is 308 g/mol. The van der Waals surface area contributed by atoms with Crippen LogP contribution in [0.4, 0.5) is 0 Å². The van der Waals surface area contributed by atoms with E-state index < -0.39 is 0 Å². The number of fused-ring (bicyclic) bond motifs is 3. The van der Waals surface area contributed by atoms with E-state index in [0.29, 0.717) is 17.9 Å². The predicted molar refractivity (Wildman–Crippen MR) is 84.0 cm³/mol. The molecular formula is C14H16N2O2S2. The van der Waals surface area contributed by atoms with Crippen molar-refractivity contribution in [3.63, 3.8) is 0 Å². The average Bonchev–Trinajstić information content (AvgIpc) is 2.70. The van der Waals surface area contributed by atoms with Crippen molar-refractivity contribution in [3.05, 3.63) is 38.2 Å². The first kappa shape index (κ1) is 13.7. The smallest absolute Gasteiger partial charge is 0.263 e. The second-order valence-corrected chi connectivity index (χ2v) is 7.06. The normalized spacial score (nSPS) is 17.1. The lowest BCUT2D eigenvalue weighted by Crippen LogP contribution is -2.32. The van der Waals surface area contributed by atoms with Crippen LogP contribution < -0.4 is 5.56 Å². The van der Waals surface area contributed by atoms with Crippen molar-refractivity contribution in [2.45, 2.75) is 39.0 Å². The molecule has 20 heavy (non-hydrogen) atoms. The summed E-state index contributed by atoms with van der Waals surface area (Å²) in [4.78, 5) is 17.8. The van der Waals surface area contributed by atoms with Gasteiger partial charge in [-0.25, -0.2) is 0 Å². The summed E-state index contributed by atoms with van der Waals surface area (Å²) < 4.78 is 7.82. The Balaban J connectivity index is 2.33. The lowest BCUT2D eigenvalue weighted by Gasteiger charge is -2.29. The molecule has 1 aliphatic rings. The molecule has 3 heterocycles. The summed E-state index contributed by atoms with van der Waals surface area (Å²) in [7, 11) is 0. The third-order valence-corrected chi connectivity index (χ3v) is 4.97. The Bertz CT molecular complexity index is 811. The third kappa shape index (κ3) is 2.08. The molecule has 0 atom stereocenters. The van der Waals surface area contributed by atoms with Gasteiger partial charge < -0.3 is 9.72 Å². The largest absolute Gasteiger partial charge is 0.370 e. The number of allylic oxidation sites excluding steroid dienone is 1. The summed E-state index contributed by atoms with van der Waals surface area (Å²) in [5.74, 6) is 0. The highest BCUT2D eigenvalue weighted by Gasteiger charge is 2.30. The van der Waals surface area contributed by atoms with Crippen molar-refractivity contribution in [2.75, 3.05) is 0 Å². The number of hydrogen-bond acceptors (Lipinski definition) is 4. The molecule has 0 saturated carbocycles. The minimum Gasteiger partial charge on any atom is -0.370 e. The fourth-order valence-electron chi connectivity index (χ4n) is 2.55. The quantitative estimate of drug-likeness (QED) is 0.685. The van der Waals surface area contributed by atoms with Gasteiger partial charge in [-0.3, -0.25) is 9.36 Å². The van der Waals surface area contributed by atoms with Crippen LogP contribution in [0.5, 0.6) is 0 Å². The van der Waals surface area contributed by atoms with E-state index in [2.05, 4.69) is 11.6 Å². The molecule has 0 aromatic carbocycles. The number of aromatic nitrogens is 2. The second kappa shape index (κ2) is 4.65. The SMILES string of the molecule is C=CCn1c(=S)[nH]c2sc3c(c2c1=O)CC(C)(C)OC3. The molecule has 0 unspecified atom stereocenters. The van der Waals surface area contributed by atoms with Gasteiger partial charge in [-0.05, 0) is 31.6 Å². The molecule has 0 fully saturated rings. The van der Waals surface area contributed by atoms with Crippen molar-refractivity contribution < 1.29 is 4.74 Å². The van der Waals surface area contributed by atoms with Crippen LogP contribution in [0.2, 0.25) is 0 Å². The molecule has 0 bridgehead atoms. The highest BCUT2D eigenvalue weighted by Crippen LogP contribution is 2.36. The van der Waals surface area contributed by atoms with E-state index in [1.807, 2.05) is 13.8 Å². The molecule has 1 aliphatic heterocycles. The number of hydrogen-bond donors (Lipinski definition) is 1. The molecule has 0 saturated heterocycles. The van der Waals surface area contributed by atoms with Gasteiger partial charge in [0.1, 0.15) is 4.83 Å². The van der Waals surface area contributed by atoms with Crippen molar-refractivity contribution >= 4 is 33.8 Å². The Morgan fingerprint density at radius 3 is 3.05 bits per heavy atom. The number of nitrogens with one attached hydrogen (secondary N) is 1. The minimum absolute atomic E-state index is 0.0288. The van der Waals surface area contributed by atoms with Crippen LogP contribution in [0.1, 0.15) is 24.3 Å². The zero-order valence-electron chi connectivity index (χ0n) is 11.5. The van der Waals surface area contributed by atoms with E-state index in [0.717, 1.165) is 27.1 Å². The van der Waals surface area contributed by atoms with Gasteiger partial charge in [0.25, 0.3) is 5.56 Å². The van der Waals surface area contributed by atoms with E-state index in [1.54, 1.807) is 22.0 Å². The zero-order chi connectivity index (χ0) is 14.5. The molecule has 0 spiro atoms. The maximum atomic E-state index is 12.7. The molecule has 4 nitrogen and oxygen atoms in total. The number of H-pyrrole nitrogens is 1. The Morgan fingerprint density at radius 1 is 1.60 bits per heavy atom. The predicted octanol–water partition coefficient (Wildman–Crippen LogP) is 3.16. The van der Waals surface area contributed by atoms with Gasteiger partial charge >= 0.3 is 0 Å². The van der Waals surface area contributed by atoms with Crippen LogP contribution in [0.15, 0.2) is 17.4 Å². The van der Waals surface area contributed by atoms with Crippen LogP contribution in [0.25, 0.3) is 10.2 Å². The van der Waals surface area contributed by atoms with Gasteiger partial charge in [0.2, 0.25) is 0 Å². The highest BCUT2D eigenvalue weighted by molar-refractivity contribution is 7.71. The summed E-state index contributed by atoms with van der Waals surface area (Å²) >= 11 is 6.82. The first-order chi connectivity index (χ1) is 9.43. The topological polar surface area (TPSA) is 47.0 Å². The molecule has 3 rings (SSSR count). The minimum atomic E-state index is -0.233. The van der Waals surface area contributed by atoms with Gasteiger partial charge in [-0.2, -0.15) is 0 Å². The fourth-order valence-corrected chi connectivity index (χ4v) is 4.00. The maximum Gasteiger partial charge on any atom is 0.263 e. The summed E-state index contributed by atoms with van der Waals surface area (Å²) in [6.45, 7) is 8.76. The summed E-state index contributed by atoms with van der Waals surface area (Å²) in [6, 6.07) is 0. The highest BCUT2D eigenvalue weighted by atomic mass is 32.1. The summed E-state index contributed by atoms with van der Waals surface area (Å²) in [5.41, 5.74) is 0.845. The van der Waals surface area contributed by atoms with E-state index in [4.69, 9.17) is 17.0 Å². The van der Waals surface area contributed by atoms with Gasteiger partial charge in [0.05, 0.1) is 17.6 Å². The summed E-state index contributed by atoms with van der Waals surface area (Å²) in [5, 5.41) is 0.761. The van der Waals surface area contributed by atoms with Crippen LogP contribution >= 0.6 is 23.6 Å². The van der Waals surface area contributed by atoms with Gasteiger partial charge in [0, 0.05) is 17.8 Å². The Morgan fingerprint density at radius 2 is 2.35 bits per heavy atom. The third-order valence-electron chi connectivity index (χ3n) is 3.52. The van der Waals surface area contributed by atoms with E-state index >= 15 is 0 Å². The van der Waals surface area contributed by atoms with Crippen LogP contribution in [0, 0.1) is 4.77 Å². The van der Waals surface area contributed by atoms with Crippen LogP contribution in [-0.4, -0.2) is 15.2 Å². The Hall–Kier alpha value is -1.24. The van der Waals surface area contributed by atoms with Gasteiger partial charge in [-0.15, -0.1) is 17.9 Å². The lowest BCUT2D eigenvalue weighted by atomic mass is 9.94. The number of aromatic amines is 1. The Kier molecular flexibility index (Phi) is 3.19. The first-order valence-corrected chi connectivity index (χ1v) is 7.67. The van der Waals surface area contributed by atoms with Crippen molar-refractivity contribution in [3.8, 4) is 0 Å². The van der Waals surface area contributed by atoms with Crippen LogP contribution in [-0.2, 0) is 24.3 Å². The zero-order valence-corrected chi connectivity index (χ0v) is 13.1. The van der Waals surface area contributed by atoms with E-state index in [1.165, 1.54) is 0 Å². The molecule has 6 heteroatoms. The van der Waals surface area contributed by atoms with Crippen molar-refractivity contribution in [2.24, 2.45) is 0 Å². The van der Waals surface area contributed by atoms with Gasteiger partial charge in [-0.1, -0.05) is 6.08 Å². The lowest BCUT2D eigenvalue weighted by molar-refractivity contribution is -0.0379. The summed E-state index contributed by atoms with van der Waals surface area (Å²) in [6.07, 6.45) is 2.43. The molecule has 1 N–H and O–H groups in total. The molecule has 2 aromatic rings. The second-order valence-electron chi connectivity index (χ2n) is 5.57. The standard InChI is InChI=1S/C14H16N2O2S2/c1-4-5-16-12(17)10-8-6-14(2,3)18-7-9(8)20-11(10)15-13(16)19/h4H,1,5-7H2,2-3H3,(H,15,19). The number of rotatable bonds is 2. The first-order valence-electron chi connectivity index (χ1n) is 6.45. The van der Waals surface area contributed by atoms with Crippen molar-refractivity contribution in [1.29, 1.82) is 0 Å². The molecule has 0 aliphatic carbocycles. The number of ether oxygens (including phenoxy) is 1. The van der Waals surface area contributed by atoms with Crippen molar-refractivity contribution in [1.82, 2.24) is 9.55 Å². The Labute approximate surface area is 125 Å². The fraction of sp³-hybridized carbons (Fsp3) is 0.429. The van der Waals surface area contributed by atoms with Crippen LogP contribution in [0.3, 0.4) is 0 Å². The number of thiophene rings is 1. The maximum absolute atomic E-state index is 12.7. The molecule has 106 valence electrons. The molecular weight excluding hydrogens is 292 g/mol. The number of nitrogens with zero attached hydrogens (tertiary/aromatic N) is 1. The molecule has 0 radical (unpaired) electrons. The molecule has 2 aromatic heterocycles. The van der Waals surface area contributed by atoms with E-state index in [-0.39, 0.29) is 11.2 Å². The van der Waals surface area contributed by atoms with Gasteiger partial charge in [0.15, 0.2) is 4.77 Å². The van der Waals surface area contributed by atoms with E-state index in [9.17, 15) is 4.79 Å². The monoisotopic (exact) mass is 308 g/mol. The molecule has 0 amide bonds.